The van der Waals surface area contributed by atoms with Crippen LogP contribution in [0.4, 0.5) is 5.69 Å². The molecule has 1 N–H and O–H groups in total. The summed E-state index contributed by atoms with van der Waals surface area (Å²) in [7, 11) is 0. The van der Waals surface area contributed by atoms with E-state index in [1.807, 2.05) is 24.3 Å². The highest BCUT2D eigenvalue weighted by Gasteiger charge is 2.14. The zero-order chi connectivity index (χ0) is 20.6. The molecule has 6 heteroatoms. The highest BCUT2D eigenvalue weighted by atomic mass is 35.5. The van der Waals surface area contributed by atoms with Crippen LogP contribution < -0.4 is 5.32 Å². The van der Waals surface area contributed by atoms with Crippen LogP contribution in [0, 0.1) is 0 Å². The summed E-state index contributed by atoms with van der Waals surface area (Å²) in [4.78, 5) is 26.8. The molecule has 1 aliphatic heterocycles. The molecule has 3 rings (SSSR count). The number of nitrogens with one attached hydrogen (secondary N) is 1. The summed E-state index contributed by atoms with van der Waals surface area (Å²) in [5.41, 5.74) is 2.60. The van der Waals surface area contributed by atoms with E-state index in [0.717, 1.165) is 19.6 Å². The molecule has 0 spiro atoms. The van der Waals surface area contributed by atoms with Crippen LogP contribution in [-0.4, -0.2) is 36.5 Å². The number of ether oxygens (including phenoxy) is 1. The van der Waals surface area contributed by atoms with Crippen molar-refractivity contribution in [3.8, 4) is 0 Å². The molecule has 1 amide bonds. The molecule has 0 aromatic heterocycles. The van der Waals surface area contributed by atoms with Gasteiger partial charge in [-0.05, 0) is 68.8 Å². The van der Waals surface area contributed by atoms with Crippen LogP contribution in [0.15, 0.2) is 42.5 Å². The van der Waals surface area contributed by atoms with E-state index in [-0.39, 0.29) is 23.1 Å². The van der Waals surface area contributed by atoms with E-state index in [0.29, 0.717) is 11.3 Å². The third-order valence-corrected chi connectivity index (χ3v) is 5.36. The molecule has 1 fully saturated rings. The van der Waals surface area contributed by atoms with E-state index >= 15 is 0 Å². The van der Waals surface area contributed by atoms with Gasteiger partial charge >= 0.3 is 5.97 Å². The highest BCUT2D eigenvalue weighted by Crippen LogP contribution is 2.22. The lowest BCUT2D eigenvalue weighted by Crippen LogP contribution is -2.24. The molecule has 1 aliphatic rings. The van der Waals surface area contributed by atoms with Gasteiger partial charge in [-0.2, -0.15) is 0 Å². The Balaban J connectivity index is 1.60. The number of halogens is 1. The summed E-state index contributed by atoms with van der Waals surface area (Å²) < 4.78 is 4.96. The molecule has 1 heterocycles. The minimum Gasteiger partial charge on any atom is -0.462 e. The van der Waals surface area contributed by atoms with Gasteiger partial charge in [0.1, 0.15) is 0 Å². The average Bonchev–Trinajstić information content (AvgIpc) is 2.97. The lowest BCUT2D eigenvalue weighted by atomic mass is 10.1. The number of carbonyl (C=O) groups excluding carboxylic acids is 2. The molecule has 1 saturated heterocycles. The fourth-order valence-electron chi connectivity index (χ4n) is 3.48. The molecule has 29 heavy (non-hydrogen) atoms. The predicted molar refractivity (Wildman–Crippen MR) is 116 cm³/mol. The monoisotopic (exact) mass is 414 g/mol. The van der Waals surface area contributed by atoms with E-state index in [1.165, 1.54) is 31.2 Å². The van der Waals surface area contributed by atoms with Crippen molar-refractivity contribution in [2.75, 3.05) is 25.0 Å². The van der Waals surface area contributed by atoms with Gasteiger partial charge in [0.2, 0.25) is 0 Å². The zero-order valence-electron chi connectivity index (χ0n) is 16.7. The first-order valence-electron chi connectivity index (χ1n) is 10.2. The number of nitrogens with zero attached hydrogens (tertiary/aromatic N) is 1. The number of rotatable bonds is 6. The van der Waals surface area contributed by atoms with Gasteiger partial charge < -0.3 is 10.1 Å². The van der Waals surface area contributed by atoms with E-state index in [1.54, 1.807) is 25.1 Å². The second-order valence-corrected chi connectivity index (χ2v) is 7.66. The van der Waals surface area contributed by atoms with Crippen molar-refractivity contribution in [1.29, 1.82) is 0 Å². The second kappa shape index (κ2) is 10.4. The highest BCUT2D eigenvalue weighted by molar-refractivity contribution is 6.34. The molecule has 154 valence electrons. The lowest BCUT2D eigenvalue weighted by Gasteiger charge is -2.19. The first-order valence-corrected chi connectivity index (χ1v) is 10.5. The third kappa shape index (κ3) is 6.05. The quantitative estimate of drug-likeness (QED) is 0.664. The van der Waals surface area contributed by atoms with Crippen molar-refractivity contribution >= 4 is 29.2 Å². The van der Waals surface area contributed by atoms with Crippen molar-refractivity contribution in [3.63, 3.8) is 0 Å². The van der Waals surface area contributed by atoms with Crippen molar-refractivity contribution in [1.82, 2.24) is 4.90 Å². The number of anilines is 1. The average molecular weight is 415 g/mol. The van der Waals surface area contributed by atoms with Crippen LogP contribution in [0.5, 0.6) is 0 Å². The van der Waals surface area contributed by atoms with Crippen LogP contribution in [0.2, 0.25) is 5.02 Å². The zero-order valence-corrected chi connectivity index (χ0v) is 17.5. The third-order valence-electron chi connectivity index (χ3n) is 5.04. The normalized spacial score (nSPS) is 14.8. The Morgan fingerprint density at radius 1 is 1.03 bits per heavy atom. The minimum atomic E-state index is -0.477. The Kier molecular flexibility index (Phi) is 7.67. The molecule has 0 unspecified atom stereocenters. The fourth-order valence-corrected chi connectivity index (χ4v) is 3.74. The molecule has 2 aromatic rings. The van der Waals surface area contributed by atoms with Gasteiger partial charge in [-0.15, -0.1) is 0 Å². The summed E-state index contributed by atoms with van der Waals surface area (Å²) in [5, 5.41) is 3.06. The Bertz CT molecular complexity index is 844. The Hall–Kier alpha value is -2.37. The standard InChI is InChI=1S/C23H27ClN2O3/c1-2-29-23(28)20-12-11-19(15-21(20)24)25-22(27)18-9-7-17(8-10-18)16-26-13-5-3-4-6-14-26/h7-12,15H,2-6,13-14,16H2,1H3,(H,25,27). The van der Waals surface area contributed by atoms with Gasteiger partial charge in [-0.25, -0.2) is 4.79 Å². The smallest absolute Gasteiger partial charge is 0.339 e. The predicted octanol–water partition coefficient (Wildman–Crippen LogP) is 5.15. The Morgan fingerprint density at radius 3 is 2.34 bits per heavy atom. The summed E-state index contributed by atoms with van der Waals surface area (Å²) >= 11 is 6.16. The summed E-state index contributed by atoms with van der Waals surface area (Å²) in [6, 6.07) is 12.5. The van der Waals surface area contributed by atoms with Gasteiger partial charge in [0.25, 0.3) is 5.91 Å². The lowest BCUT2D eigenvalue weighted by molar-refractivity contribution is 0.0526. The molecule has 0 saturated carbocycles. The van der Waals surface area contributed by atoms with E-state index in [4.69, 9.17) is 16.3 Å². The number of carbonyl (C=O) groups is 2. The minimum absolute atomic E-state index is 0.216. The van der Waals surface area contributed by atoms with Crippen LogP contribution in [0.25, 0.3) is 0 Å². The van der Waals surface area contributed by atoms with Crippen LogP contribution >= 0.6 is 11.6 Å². The van der Waals surface area contributed by atoms with Crippen LogP contribution in [-0.2, 0) is 11.3 Å². The molecule has 5 nitrogen and oxygen atoms in total. The number of benzene rings is 2. The van der Waals surface area contributed by atoms with Gasteiger partial charge in [-0.3, -0.25) is 9.69 Å². The number of amides is 1. The van der Waals surface area contributed by atoms with Gasteiger partial charge in [-0.1, -0.05) is 36.6 Å². The topological polar surface area (TPSA) is 58.6 Å². The van der Waals surface area contributed by atoms with Crippen molar-refractivity contribution < 1.29 is 14.3 Å². The first-order chi connectivity index (χ1) is 14.1. The molecule has 2 aromatic carbocycles. The molecule has 0 radical (unpaired) electrons. The maximum atomic E-state index is 12.5. The maximum absolute atomic E-state index is 12.5. The molecule has 0 aliphatic carbocycles. The van der Waals surface area contributed by atoms with E-state index in [9.17, 15) is 9.59 Å². The van der Waals surface area contributed by atoms with Crippen molar-refractivity contribution in [2.24, 2.45) is 0 Å². The Labute approximate surface area is 177 Å². The van der Waals surface area contributed by atoms with E-state index < -0.39 is 5.97 Å². The fraction of sp³-hybridized carbons (Fsp3) is 0.391. The van der Waals surface area contributed by atoms with Crippen LogP contribution in [0.1, 0.15) is 58.9 Å². The van der Waals surface area contributed by atoms with Crippen molar-refractivity contribution in [2.45, 2.75) is 39.2 Å². The molecule has 0 atom stereocenters. The number of hydrogen-bond acceptors (Lipinski definition) is 4. The van der Waals surface area contributed by atoms with E-state index in [2.05, 4.69) is 10.2 Å². The SMILES string of the molecule is CCOC(=O)c1ccc(NC(=O)c2ccc(CN3CCCCCC3)cc2)cc1Cl. The summed E-state index contributed by atoms with van der Waals surface area (Å²) in [6.07, 6.45) is 5.16. The first kappa shape index (κ1) is 21.3. The number of likely N-dealkylation sites (tertiary alicyclic amines) is 1. The van der Waals surface area contributed by atoms with Gasteiger partial charge in [0, 0.05) is 17.8 Å². The summed E-state index contributed by atoms with van der Waals surface area (Å²) in [6.45, 7) is 5.23. The maximum Gasteiger partial charge on any atom is 0.339 e. The molecule has 0 bridgehead atoms. The number of hydrogen-bond donors (Lipinski definition) is 1. The van der Waals surface area contributed by atoms with Gasteiger partial charge in [0.05, 0.1) is 17.2 Å². The molecular formula is C23H27ClN2O3. The largest absolute Gasteiger partial charge is 0.462 e. The Morgan fingerprint density at radius 2 is 1.72 bits per heavy atom. The van der Waals surface area contributed by atoms with Gasteiger partial charge in [0.15, 0.2) is 0 Å². The van der Waals surface area contributed by atoms with Crippen molar-refractivity contribution in [3.05, 3.63) is 64.2 Å². The number of esters is 1. The molecular weight excluding hydrogens is 388 g/mol. The van der Waals surface area contributed by atoms with Crippen LogP contribution in [0.3, 0.4) is 0 Å². The summed E-state index contributed by atoms with van der Waals surface area (Å²) in [5.74, 6) is -0.693. The second-order valence-electron chi connectivity index (χ2n) is 7.26.